The third kappa shape index (κ3) is 4.89. The van der Waals surface area contributed by atoms with Crippen LogP contribution in [0.15, 0.2) is 24.3 Å². The van der Waals surface area contributed by atoms with Crippen LogP contribution in [-0.2, 0) is 6.42 Å². The second-order valence-electron chi connectivity index (χ2n) is 5.90. The lowest BCUT2D eigenvalue weighted by molar-refractivity contribution is 0.244. The summed E-state index contributed by atoms with van der Waals surface area (Å²) in [6, 6.07) is 7.94. The number of hydrogen-bond donors (Lipinski definition) is 0. The molecule has 0 spiro atoms. The second kappa shape index (κ2) is 6.11. The van der Waals surface area contributed by atoms with Gasteiger partial charge in [0.05, 0.1) is 0 Å². The average molecular weight is 273 g/mol. The standard InChI is InChI=1S/C15H22Cl2/c1-11(15(2,3)4)9-13(16)10-12-7-5-6-8-14(12)17/h5-8,11,13H,9-10H2,1-4H3. The molecule has 0 nitrogen and oxygen atoms in total. The molecule has 1 rings (SSSR count). The maximum Gasteiger partial charge on any atom is 0.0438 e. The molecule has 0 N–H and O–H groups in total. The van der Waals surface area contributed by atoms with Crippen molar-refractivity contribution in [1.29, 1.82) is 0 Å². The van der Waals surface area contributed by atoms with Gasteiger partial charge in [0.2, 0.25) is 0 Å². The van der Waals surface area contributed by atoms with Crippen LogP contribution in [-0.4, -0.2) is 5.38 Å². The molecule has 0 saturated heterocycles. The Balaban J connectivity index is 2.56. The molecular weight excluding hydrogens is 251 g/mol. The fourth-order valence-electron chi connectivity index (χ4n) is 1.72. The Morgan fingerprint density at radius 3 is 2.29 bits per heavy atom. The fraction of sp³-hybridized carbons (Fsp3) is 0.600. The molecule has 0 aliphatic carbocycles. The molecular formula is C15H22Cl2. The van der Waals surface area contributed by atoms with E-state index >= 15 is 0 Å². The van der Waals surface area contributed by atoms with Crippen LogP contribution in [0.1, 0.15) is 39.7 Å². The van der Waals surface area contributed by atoms with Crippen molar-refractivity contribution in [2.75, 3.05) is 0 Å². The van der Waals surface area contributed by atoms with E-state index in [1.54, 1.807) is 0 Å². The minimum Gasteiger partial charge on any atom is -0.123 e. The Kier molecular flexibility index (Phi) is 5.34. The van der Waals surface area contributed by atoms with E-state index in [1.165, 1.54) is 0 Å². The molecule has 0 aromatic heterocycles. The monoisotopic (exact) mass is 272 g/mol. The van der Waals surface area contributed by atoms with Gasteiger partial charge in [-0.25, -0.2) is 0 Å². The summed E-state index contributed by atoms with van der Waals surface area (Å²) in [5, 5.41) is 0.977. The van der Waals surface area contributed by atoms with E-state index in [9.17, 15) is 0 Å². The first-order valence-electron chi connectivity index (χ1n) is 6.18. The SMILES string of the molecule is CC(CC(Cl)Cc1ccccc1Cl)C(C)(C)C. The maximum atomic E-state index is 6.43. The predicted octanol–water partition coefficient (Wildman–Crippen LogP) is 5.56. The molecule has 0 fully saturated rings. The highest BCUT2D eigenvalue weighted by molar-refractivity contribution is 6.31. The van der Waals surface area contributed by atoms with E-state index < -0.39 is 0 Å². The predicted molar refractivity (Wildman–Crippen MR) is 78.0 cm³/mol. The van der Waals surface area contributed by atoms with Gasteiger partial charge in [-0.15, -0.1) is 11.6 Å². The van der Waals surface area contributed by atoms with E-state index in [4.69, 9.17) is 23.2 Å². The minimum atomic E-state index is 0.157. The molecule has 0 heterocycles. The number of hydrogen-bond acceptors (Lipinski definition) is 0. The van der Waals surface area contributed by atoms with Gasteiger partial charge in [0.15, 0.2) is 0 Å². The summed E-state index contributed by atoms with van der Waals surface area (Å²) in [5.74, 6) is 0.604. The van der Waals surface area contributed by atoms with Gasteiger partial charge in [0.25, 0.3) is 0 Å². The first-order valence-corrected chi connectivity index (χ1v) is 6.99. The van der Waals surface area contributed by atoms with Crippen LogP contribution in [0.4, 0.5) is 0 Å². The maximum absolute atomic E-state index is 6.43. The molecule has 17 heavy (non-hydrogen) atoms. The summed E-state index contributed by atoms with van der Waals surface area (Å²) in [6.07, 6.45) is 1.87. The summed E-state index contributed by atoms with van der Waals surface area (Å²) in [5.41, 5.74) is 1.46. The smallest absolute Gasteiger partial charge is 0.0438 e. The van der Waals surface area contributed by atoms with Crippen molar-refractivity contribution >= 4 is 23.2 Å². The second-order valence-corrected chi connectivity index (χ2v) is 6.92. The van der Waals surface area contributed by atoms with Gasteiger partial charge in [-0.05, 0) is 35.8 Å². The lowest BCUT2D eigenvalue weighted by Gasteiger charge is -2.29. The molecule has 0 amide bonds. The molecule has 2 heteroatoms. The molecule has 0 aliphatic rings. The summed E-state index contributed by atoms with van der Waals surface area (Å²) >= 11 is 12.6. The highest BCUT2D eigenvalue weighted by Gasteiger charge is 2.23. The summed E-state index contributed by atoms with van der Waals surface area (Å²) in [7, 11) is 0. The lowest BCUT2D eigenvalue weighted by Crippen LogP contribution is -2.21. The zero-order chi connectivity index (χ0) is 13.1. The number of rotatable bonds is 4. The molecule has 0 aliphatic heterocycles. The molecule has 1 aromatic carbocycles. The Morgan fingerprint density at radius 2 is 1.76 bits per heavy atom. The molecule has 2 atom stereocenters. The Bertz CT molecular complexity index is 352. The third-order valence-electron chi connectivity index (χ3n) is 3.49. The van der Waals surface area contributed by atoms with Crippen LogP contribution in [0.2, 0.25) is 5.02 Å². The first kappa shape index (κ1) is 14.9. The topological polar surface area (TPSA) is 0 Å². The Hall–Kier alpha value is -0.200. The van der Waals surface area contributed by atoms with E-state index in [2.05, 4.69) is 33.8 Å². The van der Waals surface area contributed by atoms with Crippen molar-refractivity contribution in [1.82, 2.24) is 0 Å². The van der Waals surface area contributed by atoms with E-state index in [0.717, 1.165) is 23.4 Å². The van der Waals surface area contributed by atoms with Gasteiger partial charge >= 0.3 is 0 Å². The van der Waals surface area contributed by atoms with Crippen molar-refractivity contribution in [3.8, 4) is 0 Å². The van der Waals surface area contributed by atoms with Crippen LogP contribution < -0.4 is 0 Å². The number of alkyl halides is 1. The summed E-state index contributed by atoms with van der Waals surface area (Å²) in [6.45, 7) is 9.05. The van der Waals surface area contributed by atoms with Gasteiger partial charge in [0.1, 0.15) is 0 Å². The van der Waals surface area contributed by atoms with Crippen molar-refractivity contribution in [2.24, 2.45) is 11.3 Å². The molecule has 0 radical (unpaired) electrons. The Labute approximate surface area is 115 Å². The molecule has 0 bridgehead atoms. The molecule has 2 unspecified atom stereocenters. The number of halogens is 2. The van der Waals surface area contributed by atoms with Crippen molar-refractivity contribution in [3.05, 3.63) is 34.9 Å². The van der Waals surface area contributed by atoms with Crippen LogP contribution >= 0.6 is 23.2 Å². The fourth-order valence-corrected chi connectivity index (χ4v) is 2.37. The van der Waals surface area contributed by atoms with Gasteiger partial charge in [0, 0.05) is 10.4 Å². The third-order valence-corrected chi connectivity index (χ3v) is 4.19. The van der Waals surface area contributed by atoms with Crippen molar-refractivity contribution in [2.45, 2.75) is 45.9 Å². The van der Waals surface area contributed by atoms with Gasteiger partial charge in [-0.3, -0.25) is 0 Å². The average Bonchev–Trinajstić information content (AvgIpc) is 2.20. The zero-order valence-electron chi connectivity index (χ0n) is 11.1. The zero-order valence-corrected chi connectivity index (χ0v) is 12.6. The molecule has 96 valence electrons. The van der Waals surface area contributed by atoms with E-state index in [1.807, 2.05) is 18.2 Å². The van der Waals surface area contributed by atoms with Gasteiger partial charge in [-0.1, -0.05) is 57.5 Å². The van der Waals surface area contributed by atoms with Crippen LogP contribution in [0, 0.1) is 11.3 Å². The normalized spacial score (nSPS) is 15.6. The first-order chi connectivity index (χ1) is 7.80. The summed E-state index contributed by atoms with van der Waals surface area (Å²) in [4.78, 5) is 0. The Morgan fingerprint density at radius 1 is 1.18 bits per heavy atom. The highest BCUT2D eigenvalue weighted by atomic mass is 35.5. The lowest BCUT2D eigenvalue weighted by atomic mass is 9.79. The van der Waals surface area contributed by atoms with Crippen molar-refractivity contribution in [3.63, 3.8) is 0 Å². The summed E-state index contributed by atoms with van der Waals surface area (Å²) < 4.78 is 0. The quantitative estimate of drug-likeness (QED) is 0.630. The molecule has 0 saturated carbocycles. The van der Waals surface area contributed by atoms with Gasteiger partial charge < -0.3 is 0 Å². The minimum absolute atomic E-state index is 0.157. The van der Waals surface area contributed by atoms with Crippen molar-refractivity contribution < 1.29 is 0 Å². The highest BCUT2D eigenvalue weighted by Crippen LogP contribution is 2.31. The van der Waals surface area contributed by atoms with Gasteiger partial charge in [-0.2, -0.15) is 0 Å². The van der Waals surface area contributed by atoms with Crippen LogP contribution in [0.3, 0.4) is 0 Å². The molecule has 1 aromatic rings. The van der Waals surface area contributed by atoms with Crippen LogP contribution in [0.25, 0.3) is 0 Å². The number of benzene rings is 1. The van der Waals surface area contributed by atoms with E-state index in [-0.39, 0.29) is 5.38 Å². The largest absolute Gasteiger partial charge is 0.123 e. The van der Waals surface area contributed by atoms with Crippen LogP contribution in [0.5, 0.6) is 0 Å². The van der Waals surface area contributed by atoms with E-state index in [0.29, 0.717) is 11.3 Å².